The van der Waals surface area contributed by atoms with Gasteiger partial charge in [0.2, 0.25) is 0 Å². The van der Waals surface area contributed by atoms with Crippen LogP contribution in [-0.4, -0.2) is 28.9 Å². The van der Waals surface area contributed by atoms with Gasteiger partial charge in [0.05, 0.1) is 6.61 Å². The summed E-state index contributed by atoms with van der Waals surface area (Å²) in [4.78, 5) is 18.2. The van der Waals surface area contributed by atoms with E-state index in [1.54, 1.807) is 21.6 Å². The molecule has 0 unspecified atom stereocenters. The van der Waals surface area contributed by atoms with Crippen LogP contribution in [0.25, 0.3) is 11.0 Å². The maximum absolute atomic E-state index is 11.7. The van der Waals surface area contributed by atoms with Gasteiger partial charge in [-0.3, -0.25) is 0 Å². The number of fused-ring (bicyclic) bond motifs is 1. The standard InChI is InChI=1S/C20H22N2O3S2/c1-2-22(10-5-11-26-27-19-6-3-4-9-21-19)16-7-8-17-15(14-23)12-20(24)25-18(17)13-16/h3-4,6-9,12-13,23H,2,5,10-11,14H2,1H3. The number of aliphatic hydroxyl groups excluding tert-OH is 1. The van der Waals surface area contributed by atoms with Gasteiger partial charge in [0, 0.05) is 48.2 Å². The Morgan fingerprint density at radius 1 is 1.22 bits per heavy atom. The predicted octanol–water partition coefficient (Wildman–Crippen LogP) is 4.34. The van der Waals surface area contributed by atoms with Crippen LogP contribution < -0.4 is 10.5 Å². The van der Waals surface area contributed by atoms with Gasteiger partial charge in [0.15, 0.2) is 0 Å². The van der Waals surface area contributed by atoms with E-state index >= 15 is 0 Å². The first kappa shape index (κ1) is 19.8. The Kier molecular flexibility index (Phi) is 7.20. The minimum Gasteiger partial charge on any atom is -0.423 e. The van der Waals surface area contributed by atoms with Crippen molar-refractivity contribution < 1.29 is 9.52 Å². The summed E-state index contributed by atoms with van der Waals surface area (Å²) in [6.07, 6.45) is 2.85. The van der Waals surface area contributed by atoms with Crippen LogP contribution in [0.4, 0.5) is 5.69 Å². The van der Waals surface area contributed by atoms with Gasteiger partial charge in [-0.05, 0) is 54.0 Å². The molecule has 0 aliphatic rings. The summed E-state index contributed by atoms with van der Waals surface area (Å²) in [6.45, 7) is 3.72. The number of anilines is 1. The van der Waals surface area contributed by atoms with E-state index in [1.807, 2.05) is 42.6 Å². The predicted molar refractivity (Wildman–Crippen MR) is 113 cm³/mol. The van der Waals surface area contributed by atoms with Gasteiger partial charge in [0.25, 0.3) is 0 Å². The fraction of sp³-hybridized carbons (Fsp3) is 0.300. The molecular formula is C20H22N2O3S2. The lowest BCUT2D eigenvalue weighted by atomic mass is 10.1. The Bertz CT molecular complexity index is 931. The molecule has 0 atom stereocenters. The average molecular weight is 403 g/mol. The van der Waals surface area contributed by atoms with Crippen LogP contribution in [0.15, 0.2) is 62.9 Å². The molecule has 0 fully saturated rings. The van der Waals surface area contributed by atoms with Gasteiger partial charge in [0.1, 0.15) is 10.6 Å². The largest absolute Gasteiger partial charge is 0.423 e. The Balaban J connectivity index is 1.60. The van der Waals surface area contributed by atoms with Crippen molar-refractivity contribution in [2.75, 3.05) is 23.7 Å². The Morgan fingerprint density at radius 3 is 2.85 bits per heavy atom. The Labute approximate surface area is 166 Å². The van der Waals surface area contributed by atoms with Gasteiger partial charge in [-0.1, -0.05) is 16.9 Å². The first-order valence-corrected chi connectivity index (χ1v) is 11.2. The van der Waals surface area contributed by atoms with Crippen molar-refractivity contribution in [2.24, 2.45) is 0 Å². The molecule has 27 heavy (non-hydrogen) atoms. The quantitative estimate of drug-likeness (QED) is 0.324. The maximum Gasteiger partial charge on any atom is 0.336 e. The second-order valence-corrected chi connectivity index (χ2v) is 8.37. The fourth-order valence-electron chi connectivity index (χ4n) is 2.83. The molecule has 1 aromatic carbocycles. The molecule has 2 aromatic heterocycles. The second kappa shape index (κ2) is 9.82. The number of hydrogen-bond acceptors (Lipinski definition) is 7. The zero-order chi connectivity index (χ0) is 19.1. The molecule has 0 aliphatic carbocycles. The molecule has 7 heteroatoms. The van der Waals surface area contributed by atoms with Crippen LogP contribution >= 0.6 is 21.6 Å². The summed E-state index contributed by atoms with van der Waals surface area (Å²) in [5.41, 5.74) is 1.70. The molecule has 142 valence electrons. The monoisotopic (exact) mass is 402 g/mol. The van der Waals surface area contributed by atoms with Crippen LogP contribution in [0.1, 0.15) is 18.9 Å². The maximum atomic E-state index is 11.7. The third-order valence-corrected chi connectivity index (χ3v) is 6.52. The molecule has 0 bridgehead atoms. The lowest BCUT2D eigenvalue weighted by molar-refractivity contribution is 0.282. The van der Waals surface area contributed by atoms with Crippen molar-refractivity contribution in [1.29, 1.82) is 0 Å². The summed E-state index contributed by atoms with van der Waals surface area (Å²) in [5, 5.41) is 11.2. The van der Waals surface area contributed by atoms with Gasteiger partial charge >= 0.3 is 5.63 Å². The number of pyridine rings is 1. The minimum absolute atomic E-state index is 0.176. The van der Waals surface area contributed by atoms with Crippen LogP contribution in [0, 0.1) is 0 Å². The first-order valence-electron chi connectivity index (χ1n) is 8.84. The SMILES string of the molecule is CCN(CCCSSc1ccccn1)c1ccc2c(CO)cc(=O)oc2c1. The summed E-state index contributed by atoms with van der Waals surface area (Å²) >= 11 is 0. The molecule has 3 rings (SSSR count). The third-order valence-electron chi connectivity index (χ3n) is 4.17. The summed E-state index contributed by atoms with van der Waals surface area (Å²) < 4.78 is 5.32. The van der Waals surface area contributed by atoms with Crippen molar-refractivity contribution >= 4 is 38.2 Å². The normalized spacial score (nSPS) is 11.0. The Morgan fingerprint density at radius 2 is 2.11 bits per heavy atom. The lowest BCUT2D eigenvalue weighted by Gasteiger charge is -2.23. The molecule has 0 saturated heterocycles. The highest BCUT2D eigenvalue weighted by Crippen LogP contribution is 2.30. The zero-order valence-corrected chi connectivity index (χ0v) is 16.8. The van der Waals surface area contributed by atoms with E-state index < -0.39 is 5.63 Å². The molecule has 2 heterocycles. The number of nitrogens with zero attached hydrogens (tertiary/aromatic N) is 2. The average Bonchev–Trinajstić information content (AvgIpc) is 2.70. The van der Waals surface area contributed by atoms with E-state index in [2.05, 4.69) is 16.8 Å². The molecule has 0 aliphatic heterocycles. The van der Waals surface area contributed by atoms with Crippen molar-refractivity contribution in [3.05, 3.63) is 64.6 Å². The fourth-order valence-corrected chi connectivity index (χ4v) is 4.78. The molecule has 0 saturated carbocycles. The number of benzene rings is 1. The summed E-state index contributed by atoms with van der Waals surface area (Å²) in [7, 11) is 3.50. The van der Waals surface area contributed by atoms with Crippen LogP contribution in [0.2, 0.25) is 0 Å². The highest BCUT2D eigenvalue weighted by molar-refractivity contribution is 8.76. The molecule has 0 amide bonds. The topological polar surface area (TPSA) is 66.6 Å². The van der Waals surface area contributed by atoms with Crippen LogP contribution in [-0.2, 0) is 6.61 Å². The van der Waals surface area contributed by atoms with E-state index in [1.165, 1.54) is 6.07 Å². The van der Waals surface area contributed by atoms with Crippen molar-refractivity contribution in [1.82, 2.24) is 4.98 Å². The number of aromatic nitrogens is 1. The molecular weight excluding hydrogens is 380 g/mol. The highest BCUT2D eigenvalue weighted by Gasteiger charge is 2.09. The van der Waals surface area contributed by atoms with Crippen molar-refractivity contribution in [3.63, 3.8) is 0 Å². The van der Waals surface area contributed by atoms with Crippen LogP contribution in [0.3, 0.4) is 0 Å². The van der Waals surface area contributed by atoms with Gasteiger partial charge in [-0.2, -0.15) is 0 Å². The highest BCUT2D eigenvalue weighted by atomic mass is 33.1. The minimum atomic E-state index is -0.435. The van der Waals surface area contributed by atoms with E-state index in [9.17, 15) is 9.90 Å². The number of rotatable bonds is 9. The second-order valence-electron chi connectivity index (χ2n) is 5.94. The third kappa shape index (κ3) is 5.28. The van der Waals surface area contributed by atoms with Crippen molar-refractivity contribution in [2.45, 2.75) is 25.0 Å². The molecule has 3 aromatic rings. The van der Waals surface area contributed by atoms with E-state index in [0.29, 0.717) is 11.1 Å². The van der Waals surface area contributed by atoms with Crippen molar-refractivity contribution in [3.8, 4) is 0 Å². The molecule has 1 N–H and O–H groups in total. The summed E-state index contributed by atoms with van der Waals surface area (Å²) in [5.74, 6) is 1.02. The lowest BCUT2D eigenvalue weighted by Crippen LogP contribution is -2.24. The summed E-state index contributed by atoms with van der Waals surface area (Å²) in [6, 6.07) is 13.1. The molecule has 0 radical (unpaired) electrons. The van der Waals surface area contributed by atoms with Gasteiger partial charge in [-0.15, -0.1) is 0 Å². The number of hydrogen-bond donors (Lipinski definition) is 1. The van der Waals surface area contributed by atoms with E-state index in [0.717, 1.165) is 41.4 Å². The molecule has 0 spiro atoms. The van der Waals surface area contributed by atoms with E-state index in [-0.39, 0.29) is 6.61 Å². The smallest absolute Gasteiger partial charge is 0.336 e. The Hall–Kier alpha value is -1.96. The molecule has 5 nitrogen and oxygen atoms in total. The first-order chi connectivity index (χ1) is 13.2. The van der Waals surface area contributed by atoms with Gasteiger partial charge < -0.3 is 14.4 Å². The van der Waals surface area contributed by atoms with Gasteiger partial charge in [-0.25, -0.2) is 9.78 Å². The zero-order valence-electron chi connectivity index (χ0n) is 15.1. The van der Waals surface area contributed by atoms with Crippen LogP contribution in [0.5, 0.6) is 0 Å². The van der Waals surface area contributed by atoms with E-state index in [4.69, 9.17) is 4.42 Å². The number of aliphatic hydroxyl groups is 1.